The van der Waals surface area contributed by atoms with E-state index in [-0.39, 0.29) is 0 Å². The molecule has 96 valence electrons. The van der Waals surface area contributed by atoms with Gasteiger partial charge in [-0.05, 0) is 37.3 Å². The Morgan fingerprint density at radius 2 is 1.71 bits per heavy atom. The van der Waals surface area contributed by atoms with Crippen molar-refractivity contribution < 1.29 is 0 Å². The van der Waals surface area contributed by atoms with Crippen LogP contribution in [0.4, 0.5) is 0 Å². The van der Waals surface area contributed by atoms with E-state index in [1.807, 2.05) is 0 Å². The molecule has 0 saturated heterocycles. The van der Waals surface area contributed by atoms with Gasteiger partial charge in [0.25, 0.3) is 0 Å². The zero-order valence-corrected chi connectivity index (χ0v) is 11.6. The van der Waals surface area contributed by atoms with Gasteiger partial charge in [-0.2, -0.15) is 0 Å². The summed E-state index contributed by atoms with van der Waals surface area (Å²) >= 11 is 0. The van der Waals surface area contributed by atoms with E-state index in [0.717, 1.165) is 6.54 Å². The molecule has 1 aromatic rings. The Labute approximate surface area is 107 Å². The molecule has 0 fully saturated rings. The van der Waals surface area contributed by atoms with Crippen LogP contribution in [0.5, 0.6) is 0 Å². The first-order valence-corrected chi connectivity index (χ1v) is 7.11. The van der Waals surface area contributed by atoms with Gasteiger partial charge in [-0.15, -0.1) is 0 Å². The Bertz CT molecular complexity index is 281. The van der Waals surface area contributed by atoms with E-state index in [0.29, 0.717) is 12.0 Å². The van der Waals surface area contributed by atoms with Crippen LogP contribution in [0.1, 0.15) is 57.9 Å². The van der Waals surface area contributed by atoms with E-state index in [9.17, 15) is 0 Å². The van der Waals surface area contributed by atoms with Crippen molar-refractivity contribution >= 4 is 0 Å². The van der Waals surface area contributed by atoms with Crippen LogP contribution in [0.15, 0.2) is 30.3 Å². The molecule has 1 N–H and O–H groups in total. The van der Waals surface area contributed by atoms with Gasteiger partial charge < -0.3 is 5.32 Å². The van der Waals surface area contributed by atoms with E-state index in [1.54, 1.807) is 0 Å². The van der Waals surface area contributed by atoms with E-state index >= 15 is 0 Å². The van der Waals surface area contributed by atoms with E-state index < -0.39 is 0 Å². The lowest BCUT2D eigenvalue weighted by Crippen LogP contribution is -2.35. The fraction of sp³-hybridized carbons (Fsp3) is 0.625. The first-order chi connectivity index (χ1) is 8.33. The highest BCUT2D eigenvalue weighted by Crippen LogP contribution is 2.26. The molecule has 0 heterocycles. The van der Waals surface area contributed by atoms with Crippen LogP contribution in [0.2, 0.25) is 0 Å². The smallest absolute Gasteiger partial charge is 0.0133 e. The molecule has 2 atom stereocenters. The molecule has 0 aromatic heterocycles. The number of benzene rings is 1. The van der Waals surface area contributed by atoms with Crippen molar-refractivity contribution in [3.05, 3.63) is 35.9 Å². The fourth-order valence-corrected chi connectivity index (χ4v) is 2.51. The highest BCUT2D eigenvalue weighted by molar-refractivity contribution is 5.21. The second-order valence-corrected chi connectivity index (χ2v) is 4.77. The van der Waals surface area contributed by atoms with Crippen molar-refractivity contribution in [2.75, 3.05) is 6.54 Å². The van der Waals surface area contributed by atoms with Gasteiger partial charge in [-0.1, -0.05) is 57.5 Å². The third kappa shape index (κ3) is 4.51. The predicted molar refractivity (Wildman–Crippen MR) is 76.5 cm³/mol. The Morgan fingerprint density at radius 3 is 2.24 bits per heavy atom. The summed E-state index contributed by atoms with van der Waals surface area (Å²) < 4.78 is 0. The van der Waals surface area contributed by atoms with Crippen molar-refractivity contribution in [3.63, 3.8) is 0 Å². The van der Waals surface area contributed by atoms with E-state index in [2.05, 4.69) is 56.4 Å². The van der Waals surface area contributed by atoms with Gasteiger partial charge in [-0.25, -0.2) is 0 Å². The zero-order chi connectivity index (χ0) is 12.5. The lowest BCUT2D eigenvalue weighted by Gasteiger charge is -2.27. The quantitative estimate of drug-likeness (QED) is 0.704. The summed E-state index contributed by atoms with van der Waals surface area (Å²) in [6.45, 7) is 7.93. The zero-order valence-electron chi connectivity index (χ0n) is 11.6. The van der Waals surface area contributed by atoms with Crippen molar-refractivity contribution in [1.82, 2.24) is 5.32 Å². The van der Waals surface area contributed by atoms with Crippen LogP contribution < -0.4 is 5.32 Å². The van der Waals surface area contributed by atoms with Gasteiger partial charge in [0, 0.05) is 6.04 Å². The van der Waals surface area contributed by atoms with Gasteiger partial charge >= 0.3 is 0 Å². The van der Waals surface area contributed by atoms with Gasteiger partial charge in [-0.3, -0.25) is 0 Å². The first-order valence-electron chi connectivity index (χ1n) is 7.11. The summed E-state index contributed by atoms with van der Waals surface area (Å²) in [6.07, 6.45) is 4.95. The van der Waals surface area contributed by atoms with Crippen molar-refractivity contribution in [3.8, 4) is 0 Å². The lowest BCUT2D eigenvalue weighted by molar-refractivity contribution is 0.400. The molecular formula is C16H27N. The maximum Gasteiger partial charge on any atom is 0.0133 e. The average molecular weight is 233 g/mol. The molecule has 1 aromatic carbocycles. The molecule has 0 saturated carbocycles. The Balaban J connectivity index is 2.75. The summed E-state index contributed by atoms with van der Waals surface area (Å²) in [4.78, 5) is 0. The minimum absolute atomic E-state index is 0.622. The lowest BCUT2D eigenvalue weighted by atomic mass is 9.86. The van der Waals surface area contributed by atoms with Crippen LogP contribution in [0.25, 0.3) is 0 Å². The Kier molecular flexibility index (Phi) is 6.95. The maximum absolute atomic E-state index is 3.70. The second-order valence-electron chi connectivity index (χ2n) is 4.77. The van der Waals surface area contributed by atoms with Crippen molar-refractivity contribution in [2.24, 2.45) is 0 Å². The third-order valence-electron chi connectivity index (χ3n) is 3.41. The molecule has 0 aliphatic rings. The maximum atomic E-state index is 3.70. The fourth-order valence-electron chi connectivity index (χ4n) is 2.51. The second kappa shape index (κ2) is 8.30. The van der Waals surface area contributed by atoms with Gasteiger partial charge in [0.2, 0.25) is 0 Å². The molecule has 1 nitrogen and oxygen atoms in total. The first kappa shape index (κ1) is 14.2. The third-order valence-corrected chi connectivity index (χ3v) is 3.41. The normalized spacial score (nSPS) is 14.5. The summed E-state index contributed by atoms with van der Waals surface area (Å²) in [7, 11) is 0. The van der Waals surface area contributed by atoms with Gasteiger partial charge in [0.05, 0.1) is 0 Å². The molecule has 17 heavy (non-hydrogen) atoms. The summed E-state index contributed by atoms with van der Waals surface area (Å²) in [5.74, 6) is 0.665. The minimum Gasteiger partial charge on any atom is -0.313 e. The Hall–Kier alpha value is -0.820. The summed E-state index contributed by atoms with van der Waals surface area (Å²) in [5, 5.41) is 3.70. The summed E-state index contributed by atoms with van der Waals surface area (Å²) in [5.41, 5.74) is 1.49. The number of nitrogens with one attached hydrogen (secondary N) is 1. The van der Waals surface area contributed by atoms with Gasteiger partial charge in [0.15, 0.2) is 0 Å². The van der Waals surface area contributed by atoms with E-state index in [4.69, 9.17) is 0 Å². The van der Waals surface area contributed by atoms with Crippen molar-refractivity contribution in [2.45, 2.75) is 58.4 Å². The average Bonchev–Trinajstić information content (AvgIpc) is 2.39. The van der Waals surface area contributed by atoms with Crippen LogP contribution in [0.3, 0.4) is 0 Å². The van der Waals surface area contributed by atoms with Crippen LogP contribution >= 0.6 is 0 Å². The molecule has 0 aliphatic heterocycles. The molecule has 0 bridgehead atoms. The van der Waals surface area contributed by atoms with Crippen LogP contribution in [-0.2, 0) is 0 Å². The standard InChI is InChI=1S/C16H27N/c1-4-10-15(14-11-8-7-9-12-14)16(6-3)17-13-5-2/h7-9,11-12,15-17H,4-6,10,13H2,1-3H3. The molecule has 0 aliphatic carbocycles. The topological polar surface area (TPSA) is 12.0 Å². The molecule has 0 amide bonds. The molecule has 0 radical (unpaired) electrons. The van der Waals surface area contributed by atoms with Gasteiger partial charge in [0.1, 0.15) is 0 Å². The minimum atomic E-state index is 0.622. The molecule has 2 unspecified atom stereocenters. The number of hydrogen-bond acceptors (Lipinski definition) is 1. The SMILES string of the molecule is CCCNC(CC)C(CCC)c1ccccc1. The van der Waals surface area contributed by atoms with Crippen molar-refractivity contribution in [1.29, 1.82) is 0 Å². The predicted octanol–water partition coefficient (Wildman–Crippen LogP) is 4.35. The molecule has 1 rings (SSSR count). The monoisotopic (exact) mass is 233 g/mol. The Morgan fingerprint density at radius 1 is 1.00 bits per heavy atom. The molecule has 0 spiro atoms. The number of rotatable bonds is 8. The largest absolute Gasteiger partial charge is 0.313 e. The highest BCUT2D eigenvalue weighted by Gasteiger charge is 2.19. The van der Waals surface area contributed by atoms with Crippen LogP contribution in [0, 0.1) is 0 Å². The van der Waals surface area contributed by atoms with E-state index in [1.165, 1.54) is 31.2 Å². The molecule has 1 heteroatoms. The number of hydrogen-bond donors (Lipinski definition) is 1. The summed E-state index contributed by atoms with van der Waals surface area (Å²) in [6, 6.07) is 11.6. The highest BCUT2D eigenvalue weighted by atomic mass is 14.9. The van der Waals surface area contributed by atoms with Crippen LogP contribution in [-0.4, -0.2) is 12.6 Å². The molecular weight excluding hydrogens is 206 g/mol.